The fourth-order valence-electron chi connectivity index (χ4n) is 1.58. The second-order valence-electron chi connectivity index (χ2n) is 3.25. The lowest BCUT2D eigenvalue weighted by Crippen LogP contribution is -2.21. The van der Waals surface area contributed by atoms with E-state index in [0.29, 0.717) is 6.54 Å². The summed E-state index contributed by atoms with van der Waals surface area (Å²) in [5.74, 6) is 0.165. The number of rotatable bonds is 3. The van der Waals surface area contributed by atoms with Crippen molar-refractivity contribution in [2.45, 2.75) is 33.7 Å². The smallest absolute Gasteiger partial charge is 0.160 e. The molecule has 0 bridgehead atoms. The van der Waals surface area contributed by atoms with Crippen LogP contribution in [0.2, 0.25) is 0 Å². The first kappa shape index (κ1) is 10.6. The van der Waals surface area contributed by atoms with E-state index >= 15 is 0 Å². The maximum absolute atomic E-state index is 8.44. The summed E-state index contributed by atoms with van der Waals surface area (Å²) in [6.45, 7) is 6.38. The topological polar surface area (TPSA) is 76.4 Å². The second-order valence-corrected chi connectivity index (χ2v) is 3.25. The van der Waals surface area contributed by atoms with E-state index < -0.39 is 0 Å². The Morgan fingerprint density at radius 3 is 2.64 bits per heavy atom. The summed E-state index contributed by atoms with van der Waals surface area (Å²) in [6.07, 6.45) is 0.952. The number of nitrogens with two attached hydrogens (primary N) is 1. The van der Waals surface area contributed by atoms with Crippen LogP contribution in [0.25, 0.3) is 0 Å². The van der Waals surface area contributed by atoms with Gasteiger partial charge in [-0.2, -0.15) is 5.10 Å². The number of amidine groups is 1. The van der Waals surface area contributed by atoms with Crippen molar-refractivity contribution in [1.82, 2.24) is 9.78 Å². The molecule has 1 aromatic rings. The summed E-state index contributed by atoms with van der Waals surface area (Å²) < 4.78 is 1.75. The van der Waals surface area contributed by atoms with Gasteiger partial charge in [-0.1, -0.05) is 12.1 Å². The van der Waals surface area contributed by atoms with Crippen LogP contribution in [0.4, 0.5) is 0 Å². The lowest BCUT2D eigenvalue weighted by molar-refractivity contribution is 0.316. The van der Waals surface area contributed by atoms with Gasteiger partial charge in [0.25, 0.3) is 0 Å². The van der Waals surface area contributed by atoms with Crippen LogP contribution in [0, 0.1) is 13.8 Å². The molecule has 0 atom stereocenters. The van der Waals surface area contributed by atoms with Crippen LogP contribution < -0.4 is 5.73 Å². The average molecular weight is 196 g/mol. The molecule has 0 radical (unpaired) electrons. The average Bonchev–Trinajstić information content (AvgIpc) is 2.42. The molecule has 0 aliphatic heterocycles. The lowest BCUT2D eigenvalue weighted by atomic mass is 10.1. The molecule has 0 unspecified atom stereocenters. The minimum atomic E-state index is 0.165. The van der Waals surface area contributed by atoms with Gasteiger partial charge in [0.1, 0.15) is 6.54 Å². The summed E-state index contributed by atoms with van der Waals surface area (Å²) in [5.41, 5.74) is 8.74. The van der Waals surface area contributed by atoms with Gasteiger partial charge in [-0.25, -0.2) is 0 Å². The molecule has 0 saturated carbocycles. The fraction of sp³-hybridized carbons (Fsp3) is 0.556. The summed E-state index contributed by atoms with van der Waals surface area (Å²) in [5, 5.41) is 15.7. The molecule has 5 heteroatoms. The van der Waals surface area contributed by atoms with Crippen molar-refractivity contribution in [3.05, 3.63) is 17.0 Å². The van der Waals surface area contributed by atoms with Gasteiger partial charge in [0.2, 0.25) is 0 Å². The Morgan fingerprint density at radius 2 is 2.21 bits per heavy atom. The molecule has 0 aliphatic carbocycles. The molecule has 78 valence electrons. The second kappa shape index (κ2) is 4.13. The van der Waals surface area contributed by atoms with Crippen molar-refractivity contribution >= 4 is 5.84 Å². The van der Waals surface area contributed by atoms with Gasteiger partial charge in [-0.3, -0.25) is 4.68 Å². The third kappa shape index (κ3) is 1.86. The molecule has 0 spiro atoms. The van der Waals surface area contributed by atoms with E-state index in [9.17, 15) is 0 Å². The number of aryl methyl sites for hydroxylation is 1. The Kier molecular flexibility index (Phi) is 3.11. The predicted octanol–water partition coefficient (Wildman–Crippen LogP) is 0.809. The van der Waals surface area contributed by atoms with E-state index in [1.165, 1.54) is 5.56 Å². The molecule has 0 aromatic carbocycles. The Labute approximate surface area is 83.2 Å². The van der Waals surface area contributed by atoms with E-state index in [-0.39, 0.29) is 5.84 Å². The van der Waals surface area contributed by atoms with Crippen LogP contribution in [-0.4, -0.2) is 20.8 Å². The molecule has 1 heterocycles. The van der Waals surface area contributed by atoms with Crippen molar-refractivity contribution in [2.75, 3.05) is 0 Å². The first-order chi connectivity index (χ1) is 6.60. The highest BCUT2D eigenvalue weighted by Gasteiger charge is 2.10. The Balaban J connectivity index is 2.99. The first-order valence-electron chi connectivity index (χ1n) is 4.59. The number of hydrogen-bond donors (Lipinski definition) is 2. The summed E-state index contributed by atoms with van der Waals surface area (Å²) in [6, 6.07) is 0. The number of nitrogens with zero attached hydrogens (tertiary/aromatic N) is 3. The minimum absolute atomic E-state index is 0.165. The Bertz CT molecular complexity index is 354. The van der Waals surface area contributed by atoms with Crippen LogP contribution in [0.3, 0.4) is 0 Å². The molecular weight excluding hydrogens is 180 g/mol. The summed E-state index contributed by atoms with van der Waals surface area (Å²) in [7, 11) is 0. The van der Waals surface area contributed by atoms with Gasteiger partial charge >= 0.3 is 0 Å². The van der Waals surface area contributed by atoms with E-state index in [2.05, 4.69) is 17.2 Å². The van der Waals surface area contributed by atoms with Crippen molar-refractivity contribution in [3.63, 3.8) is 0 Å². The van der Waals surface area contributed by atoms with Crippen molar-refractivity contribution in [1.29, 1.82) is 0 Å². The number of hydrogen-bond acceptors (Lipinski definition) is 3. The highest BCUT2D eigenvalue weighted by atomic mass is 16.4. The maximum Gasteiger partial charge on any atom is 0.160 e. The van der Waals surface area contributed by atoms with Crippen LogP contribution in [0.1, 0.15) is 23.9 Å². The third-order valence-electron chi connectivity index (χ3n) is 2.33. The highest BCUT2D eigenvalue weighted by molar-refractivity contribution is 5.79. The molecule has 0 fully saturated rings. The van der Waals surface area contributed by atoms with Crippen molar-refractivity contribution < 1.29 is 5.21 Å². The van der Waals surface area contributed by atoms with Gasteiger partial charge < -0.3 is 10.9 Å². The van der Waals surface area contributed by atoms with E-state index in [0.717, 1.165) is 17.8 Å². The van der Waals surface area contributed by atoms with Gasteiger partial charge in [0, 0.05) is 5.69 Å². The molecule has 5 nitrogen and oxygen atoms in total. The Hall–Kier alpha value is -1.52. The van der Waals surface area contributed by atoms with Gasteiger partial charge in [-0.05, 0) is 25.8 Å². The van der Waals surface area contributed by atoms with E-state index in [1.54, 1.807) is 4.68 Å². The molecule has 0 saturated heterocycles. The zero-order valence-corrected chi connectivity index (χ0v) is 8.78. The molecule has 14 heavy (non-hydrogen) atoms. The Morgan fingerprint density at radius 1 is 1.57 bits per heavy atom. The third-order valence-corrected chi connectivity index (χ3v) is 2.33. The van der Waals surface area contributed by atoms with E-state index in [4.69, 9.17) is 10.9 Å². The number of aromatic nitrogens is 2. The monoisotopic (exact) mass is 196 g/mol. The quantitative estimate of drug-likeness (QED) is 0.325. The molecular formula is C9H16N4O. The van der Waals surface area contributed by atoms with Crippen LogP contribution in [0.5, 0.6) is 0 Å². The van der Waals surface area contributed by atoms with Gasteiger partial charge in [0.05, 0.1) is 5.69 Å². The van der Waals surface area contributed by atoms with Crippen LogP contribution in [0.15, 0.2) is 5.16 Å². The molecule has 0 amide bonds. The van der Waals surface area contributed by atoms with Crippen LogP contribution in [-0.2, 0) is 13.0 Å². The van der Waals surface area contributed by atoms with E-state index in [1.807, 2.05) is 13.8 Å². The SMILES string of the molecule is CCc1c(C)nn(CC(N)=NO)c1C. The first-order valence-corrected chi connectivity index (χ1v) is 4.59. The van der Waals surface area contributed by atoms with Crippen molar-refractivity contribution in [2.24, 2.45) is 10.9 Å². The summed E-state index contributed by atoms with van der Waals surface area (Å²) >= 11 is 0. The summed E-state index contributed by atoms with van der Waals surface area (Å²) in [4.78, 5) is 0. The molecule has 3 N–H and O–H groups in total. The van der Waals surface area contributed by atoms with Gasteiger partial charge in [-0.15, -0.1) is 0 Å². The maximum atomic E-state index is 8.44. The largest absolute Gasteiger partial charge is 0.409 e. The normalized spacial score (nSPS) is 12.1. The fourth-order valence-corrected chi connectivity index (χ4v) is 1.58. The minimum Gasteiger partial charge on any atom is -0.409 e. The zero-order chi connectivity index (χ0) is 10.7. The lowest BCUT2D eigenvalue weighted by Gasteiger charge is -2.02. The molecule has 1 aromatic heterocycles. The predicted molar refractivity (Wildman–Crippen MR) is 54.5 cm³/mol. The molecule has 0 aliphatic rings. The van der Waals surface area contributed by atoms with Gasteiger partial charge in [0.15, 0.2) is 5.84 Å². The standard InChI is InChI=1S/C9H16N4O/c1-4-8-6(2)11-13(7(8)3)5-9(10)12-14/h14H,4-5H2,1-3H3,(H2,10,12). The highest BCUT2D eigenvalue weighted by Crippen LogP contribution is 2.12. The zero-order valence-electron chi connectivity index (χ0n) is 8.78. The number of oxime groups is 1. The van der Waals surface area contributed by atoms with Crippen molar-refractivity contribution in [3.8, 4) is 0 Å². The van der Waals surface area contributed by atoms with Crippen LogP contribution >= 0.6 is 0 Å². The molecule has 1 rings (SSSR count).